The van der Waals surface area contributed by atoms with E-state index in [0.717, 1.165) is 11.3 Å². The third kappa shape index (κ3) is 4.86. The highest BCUT2D eigenvalue weighted by Crippen LogP contribution is 2.14. The summed E-state index contributed by atoms with van der Waals surface area (Å²) in [4.78, 5) is 12.9. The van der Waals surface area contributed by atoms with Crippen molar-refractivity contribution < 1.29 is 4.79 Å². The van der Waals surface area contributed by atoms with Gasteiger partial charge in [0.15, 0.2) is 0 Å². The van der Waals surface area contributed by atoms with Crippen LogP contribution in [0.4, 0.5) is 0 Å². The number of amides is 1. The molecule has 0 spiro atoms. The summed E-state index contributed by atoms with van der Waals surface area (Å²) in [6.45, 7) is 8.36. The van der Waals surface area contributed by atoms with Gasteiger partial charge in [0.2, 0.25) is 5.91 Å². The standard InChI is InChI=1S/C12H17NOS2/c1-9(2)8-16-10(3)12(14)13-7-11-5-4-6-15-11/h4-6,10H,1,7-8H2,2-3H3,(H,13,14)/t10-/m1/s1. The smallest absolute Gasteiger partial charge is 0.233 e. The van der Waals surface area contributed by atoms with Gasteiger partial charge in [0.25, 0.3) is 0 Å². The van der Waals surface area contributed by atoms with Gasteiger partial charge in [-0.05, 0) is 25.3 Å². The SMILES string of the molecule is C=C(C)CS[C@H](C)C(=O)NCc1cccs1. The molecule has 0 bridgehead atoms. The van der Waals surface area contributed by atoms with Gasteiger partial charge in [-0.2, -0.15) is 0 Å². The van der Waals surface area contributed by atoms with E-state index in [4.69, 9.17) is 0 Å². The number of carbonyl (C=O) groups excluding carboxylic acids is 1. The van der Waals surface area contributed by atoms with Crippen LogP contribution < -0.4 is 5.32 Å². The highest BCUT2D eigenvalue weighted by molar-refractivity contribution is 8.00. The molecule has 0 radical (unpaired) electrons. The summed E-state index contributed by atoms with van der Waals surface area (Å²) >= 11 is 3.28. The van der Waals surface area contributed by atoms with Crippen molar-refractivity contribution in [3.8, 4) is 0 Å². The van der Waals surface area contributed by atoms with Crippen LogP contribution in [0, 0.1) is 0 Å². The lowest BCUT2D eigenvalue weighted by Gasteiger charge is -2.11. The number of hydrogen-bond acceptors (Lipinski definition) is 3. The van der Waals surface area contributed by atoms with Gasteiger partial charge in [0, 0.05) is 10.6 Å². The van der Waals surface area contributed by atoms with Crippen molar-refractivity contribution in [3.63, 3.8) is 0 Å². The van der Waals surface area contributed by atoms with Crippen molar-refractivity contribution in [1.29, 1.82) is 0 Å². The largest absolute Gasteiger partial charge is 0.350 e. The first kappa shape index (κ1) is 13.3. The zero-order valence-corrected chi connectivity index (χ0v) is 11.3. The lowest BCUT2D eigenvalue weighted by atomic mass is 10.4. The fourth-order valence-electron chi connectivity index (χ4n) is 1.07. The Morgan fingerprint density at radius 2 is 2.44 bits per heavy atom. The molecule has 1 aromatic heterocycles. The van der Waals surface area contributed by atoms with E-state index in [0.29, 0.717) is 6.54 Å². The van der Waals surface area contributed by atoms with Crippen LogP contribution in [0.5, 0.6) is 0 Å². The molecule has 1 N–H and O–H groups in total. The molecular weight excluding hydrogens is 238 g/mol. The van der Waals surface area contributed by atoms with Crippen molar-refractivity contribution in [1.82, 2.24) is 5.32 Å². The summed E-state index contributed by atoms with van der Waals surface area (Å²) in [6.07, 6.45) is 0. The Morgan fingerprint density at radius 1 is 1.69 bits per heavy atom. The summed E-state index contributed by atoms with van der Waals surface area (Å²) in [5, 5.41) is 4.93. The van der Waals surface area contributed by atoms with E-state index in [1.54, 1.807) is 23.1 Å². The Bertz CT molecular complexity index is 346. The van der Waals surface area contributed by atoms with Crippen LogP contribution >= 0.6 is 23.1 Å². The molecule has 0 fully saturated rings. The molecule has 0 aliphatic rings. The molecule has 1 heterocycles. The number of hydrogen-bond donors (Lipinski definition) is 1. The number of nitrogens with one attached hydrogen (secondary N) is 1. The third-order valence-corrected chi connectivity index (χ3v) is 4.22. The van der Waals surface area contributed by atoms with Crippen LogP contribution in [0.3, 0.4) is 0 Å². The normalized spacial score (nSPS) is 12.1. The second-order valence-electron chi connectivity index (χ2n) is 3.71. The summed E-state index contributed by atoms with van der Waals surface area (Å²) in [6, 6.07) is 4.02. The van der Waals surface area contributed by atoms with Gasteiger partial charge in [-0.25, -0.2) is 0 Å². The Kier molecular flexibility index (Phi) is 5.63. The van der Waals surface area contributed by atoms with Crippen molar-refractivity contribution in [2.75, 3.05) is 5.75 Å². The molecular formula is C12H17NOS2. The molecule has 1 rings (SSSR count). The fraction of sp³-hybridized carbons (Fsp3) is 0.417. The van der Waals surface area contributed by atoms with Crippen LogP contribution in [-0.2, 0) is 11.3 Å². The highest BCUT2D eigenvalue weighted by Gasteiger charge is 2.12. The molecule has 16 heavy (non-hydrogen) atoms. The number of thioether (sulfide) groups is 1. The predicted octanol–water partition coefficient (Wildman–Crippen LogP) is 3.06. The molecule has 0 aromatic carbocycles. The first-order valence-electron chi connectivity index (χ1n) is 5.15. The van der Waals surface area contributed by atoms with Crippen molar-refractivity contribution in [2.45, 2.75) is 25.6 Å². The van der Waals surface area contributed by atoms with E-state index in [9.17, 15) is 4.79 Å². The monoisotopic (exact) mass is 255 g/mol. The van der Waals surface area contributed by atoms with Crippen LogP contribution in [0.1, 0.15) is 18.7 Å². The summed E-state index contributed by atoms with van der Waals surface area (Å²) in [7, 11) is 0. The Labute approximate surface area is 105 Å². The van der Waals surface area contributed by atoms with Crippen molar-refractivity contribution in [3.05, 3.63) is 34.5 Å². The molecule has 0 aliphatic carbocycles. The second kappa shape index (κ2) is 6.76. The Balaban J connectivity index is 2.26. The number of thiophene rings is 1. The second-order valence-corrected chi connectivity index (χ2v) is 6.07. The van der Waals surface area contributed by atoms with E-state index in [1.807, 2.05) is 31.4 Å². The van der Waals surface area contributed by atoms with Gasteiger partial charge in [-0.15, -0.1) is 23.1 Å². The zero-order chi connectivity index (χ0) is 12.0. The minimum absolute atomic E-state index is 0.0170. The van der Waals surface area contributed by atoms with E-state index >= 15 is 0 Å². The third-order valence-electron chi connectivity index (χ3n) is 1.97. The lowest BCUT2D eigenvalue weighted by molar-refractivity contribution is -0.120. The molecule has 88 valence electrons. The van der Waals surface area contributed by atoms with Gasteiger partial charge in [0.1, 0.15) is 0 Å². The summed E-state index contributed by atoms with van der Waals surface area (Å²) in [5.74, 6) is 0.938. The van der Waals surface area contributed by atoms with Gasteiger partial charge in [-0.3, -0.25) is 4.79 Å². The molecule has 0 saturated carbocycles. The van der Waals surface area contributed by atoms with Crippen LogP contribution in [0.2, 0.25) is 0 Å². The lowest BCUT2D eigenvalue weighted by Crippen LogP contribution is -2.30. The molecule has 1 amide bonds. The Morgan fingerprint density at radius 3 is 3.00 bits per heavy atom. The summed E-state index contributed by atoms with van der Waals surface area (Å²) < 4.78 is 0. The van der Waals surface area contributed by atoms with Crippen LogP contribution in [0.25, 0.3) is 0 Å². The first-order valence-corrected chi connectivity index (χ1v) is 7.08. The number of carbonyl (C=O) groups is 1. The van der Waals surface area contributed by atoms with E-state index < -0.39 is 0 Å². The first-order chi connectivity index (χ1) is 7.59. The van der Waals surface area contributed by atoms with Crippen molar-refractivity contribution >= 4 is 29.0 Å². The Hall–Kier alpha value is -0.740. The van der Waals surface area contributed by atoms with E-state index in [1.165, 1.54) is 4.88 Å². The minimum atomic E-state index is -0.0170. The van der Waals surface area contributed by atoms with Crippen molar-refractivity contribution in [2.24, 2.45) is 0 Å². The molecule has 0 unspecified atom stereocenters. The highest BCUT2D eigenvalue weighted by atomic mass is 32.2. The van der Waals surface area contributed by atoms with E-state index in [2.05, 4.69) is 11.9 Å². The number of rotatable bonds is 6. The van der Waals surface area contributed by atoms with E-state index in [-0.39, 0.29) is 11.2 Å². The quantitative estimate of drug-likeness (QED) is 0.792. The fourth-order valence-corrected chi connectivity index (χ4v) is 2.49. The zero-order valence-electron chi connectivity index (χ0n) is 9.66. The molecule has 1 atom stereocenters. The van der Waals surface area contributed by atoms with Gasteiger partial charge in [-0.1, -0.05) is 18.2 Å². The summed E-state index contributed by atoms with van der Waals surface area (Å²) in [5.41, 5.74) is 1.10. The average Bonchev–Trinajstić information content (AvgIpc) is 2.75. The van der Waals surface area contributed by atoms with Crippen LogP contribution in [0.15, 0.2) is 29.7 Å². The predicted molar refractivity (Wildman–Crippen MR) is 72.9 cm³/mol. The molecule has 4 heteroatoms. The molecule has 1 aromatic rings. The van der Waals surface area contributed by atoms with Gasteiger partial charge < -0.3 is 5.32 Å². The van der Waals surface area contributed by atoms with Gasteiger partial charge in [0.05, 0.1) is 11.8 Å². The minimum Gasteiger partial charge on any atom is -0.350 e. The average molecular weight is 255 g/mol. The topological polar surface area (TPSA) is 29.1 Å². The maximum atomic E-state index is 11.7. The maximum absolute atomic E-state index is 11.7. The molecule has 0 saturated heterocycles. The van der Waals surface area contributed by atoms with Gasteiger partial charge >= 0.3 is 0 Å². The maximum Gasteiger partial charge on any atom is 0.233 e. The molecule has 2 nitrogen and oxygen atoms in total. The molecule has 0 aliphatic heterocycles. The van der Waals surface area contributed by atoms with Crippen LogP contribution in [-0.4, -0.2) is 16.9 Å².